The molecule has 212 valence electrons. The number of fused-ring (bicyclic) bond motifs is 1. The lowest BCUT2D eigenvalue weighted by Gasteiger charge is -2.36. The number of hydrogen-bond donors (Lipinski definition) is 3. The van der Waals surface area contributed by atoms with Crippen molar-refractivity contribution >= 4 is 23.9 Å². The molecule has 3 unspecified atom stereocenters. The molecule has 0 spiro atoms. The first kappa shape index (κ1) is 28.8. The van der Waals surface area contributed by atoms with Gasteiger partial charge in [-0.1, -0.05) is 66.7 Å². The van der Waals surface area contributed by atoms with E-state index in [1.165, 1.54) is 0 Å². The van der Waals surface area contributed by atoms with E-state index in [1.807, 2.05) is 54.6 Å². The Kier molecular flexibility index (Phi) is 10.3. The molecule has 3 amide bonds. The fourth-order valence-electron chi connectivity index (χ4n) is 4.84. The highest BCUT2D eigenvalue weighted by molar-refractivity contribution is 5.86. The van der Waals surface area contributed by atoms with Gasteiger partial charge in [0.15, 0.2) is 0 Å². The molecule has 2 aromatic rings. The number of alkyl carbamates (subject to hydrolysis) is 1. The van der Waals surface area contributed by atoms with E-state index < -0.39 is 24.0 Å². The number of aliphatic hydroxyl groups is 1. The van der Waals surface area contributed by atoms with E-state index in [0.29, 0.717) is 13.0 Å². The summed E-state index contributed by atoms with van der Waals surface area (Å²) in [7, 11) is 0. The maximum absolute atomic E-state index is 13.3. The van der Waals surface area contributed by atoms with Gasteiger partial charge in [0.2, 0.25) is 11.8 Å². The summed E-state index contributed by atoms with van der Waals surface area (Å²) in [5.41, 5.74) is 2.96. The van der Waals surface area contributed by atoms with Crippen molar-refractivity contribution in [1.82, 2.24) is 15.5 Å². The number of carbonyl (C=O) groups is 4. The number of amides is 3. The maximum atomic E-state index is 13.3. The molecule has 3 N–H and O–H groups in total. The van der Waals surface area contributed by atoms with Gasteiger partial charge in [0, 0.05) is 13.0 Å². The summed E-state index contributed by atoms with van der Waals surface area (Å²) in [5.74, 6) is -1.80. The van der Waals surface area contributed by atoms with Crippen LogP contribution in [0.2, 0.25) is 0 Å². The zero-order valence-electron chi connectivity index (χ0n) is 22.3. The van der Waals surface area contributed by atoms with Crippen molar-refractivity contribution < 1.29 is 33.8 Å². The Morgan fingerprint density at radius 1 is 1.02 bits per heavy atom. The molecule has 3 atom stereocenters. The predicted molar refractivity (Wildman–Crippen MR) is 146 cm³/mol. The molecule has 2 heterocycles. The molecule has 0 aromatic heterocycles. The van der Waals surface area contributed by atoms with E-state index in [2.05, 4.69) is 10.6 Å². The number of benzene rings is 2. The summed E-state index contributed by atoms with van der Waals surface area (Å²) in [6.07, 6.45) is 3.60. The van der Waals surface area contributed by atoms with E-state index >= 15 is 0 Å². The van der Waals surface area contributed by atoms with Gasteiger partial charge in [-0.3, -0.25) is 9.59 Å². The van der Waals surface area contributed by atoms with E-state index in [1.54, 1.807) is 17.1 Å². The van der Waals surface area contributed by atoms with Crippen LogP contribution in [0.5, 0.6) is 0 Å². The molecule has 4 rings (SSSR count). The number of rotatable bonds is 6. The van der Waals surface area contributed by atoms with Crippen molar-refractivity contribution in [3.05, 3.63) is 83.4 Å². The van der Waals surface area contributed by atoms with Gasteiger partial charge in [-0.05, 0) is 36.0 Å². The summed E-state index contributed by atoms with van der Waals surface area (Å²) in [6, 6.07) is 15.7. The summed E-state index contributed by atoms with van der Waals surface area (Å²) < 4.78 is 10.5. The minimum atomic E-state index is -0.964. The highest BCUT2D eigenvalue weighted by Crippen LogP contribution is 2.25. The summed E-state index contributed by atoms with van der Waals surface area (Å²) in [4.78, 5) is 52.7. The van der Waals surface area contributed by atoms with Crippen LogP contribution in [-0.4, -0.2) is 65.7 Å². The first-order valence-electron chi connectivity index (χ1n) is 13.5. The van der Waals surface area contributed by atoms with Gasteiger partial charge in [0.1, 0.15) is 19.3 Å². The summed E-state index contributed by atoms with van der Waals surface area (Å²) in [6.45, 7) is 0.270. The molecule has 2 aliphatic rings. The molecule has 0 saturated heterocycles. The largest absolute Gasteiger partial charge is 0.462 e. The summed E-state index contributed by atoms with van der Waals surface area (Å²) >= 11 is 0. The van der Waals surface area contributed by atoms with Gasteiger partial charge < -0.3 is 30.1 Å². The van der Waals surface area contributed by atoms with Gasteiger partial charge in [0.05, 0.1) is 25.1 Å². The number of cyclic esters (lactones) is 1. The van der Waals surface area contributed by atoms with Gasteiger partial charge in [0.25, 0.3) is 0 Å². The van der Waals surface area contributed by atoms with Crippen molar-refractivity contribution in [3.63, 3.8) is 0 Å². The van der Waals surface area contributed by atoms with Crippen molar-refractivity contribution in [3.8, 4) is 0 Å². The molecule has 0 saturated carbocycles. The molecule has 0 radical (unpaired) electrons. The van der Waals surface area contributed by atoms with Gasteiger partial charge in [-0.25, -0.2) is 9.59 Å². The van der Waals surface area contributed by atoms with Crippen LogP contribution in [-0.2, 0) is 43.4 Å². The number of nitrogens with zero attached hydrogens (tertiary/aromatic N) is 1. The molecular formula is C30H35N3O7. The number of hydrogen-bond acceptors (Lipinski definition) is 7. The van der Waals surface area contributed by atoms with Crippen LogP contribution < -0.4 is 10.6 Å². The lowest BCUT2D eigenvalue weighted by Crippen LogP contribution is -2.47. The minimum Gasteiger partial charge on any atom is -0.462 e. The molecule has 0 bridgehead atoms. The van der Waals surface area contributed by atoms with Gasteiger partial charge in [-0.15, -0.1) is 0 Å². The third kappa shape index (κ3) is 7.92. The zero-order chi connectivity index (χ0) is 28.3. The molecule has 2 aromatic carbocycles. The van der Waals surface area contributed by atoms with Crippen LogP contribution in [0.3, 0.4) is 0 Å². The second-order valence-corrected chi connectivity index (χ2v) is 9.89. The molecule has 10 nitrogen and oxygen atoms in total. The number of nitrogens with one attached hydrogen (secondary N) is 2. The second kappa shape index (κ2) is 14.3. The highest BCUT2D eigenvalue weighted by Gasteiger charge is 2.32. The number of aliphatic hydroxyl groups excluding tert-OH is 1. The fourth-order valence-corrected chi connectivity index (χ4v) is 4.84. The Hall–Kier alpha value is -4.18. The number of carbonyl (C=O) groups excluding carboxylic acids is 4. The maximum Gasteiger partial charge on any atom is 0.408 e. The van der Waals surface area contributed by atoms with Crippen LogP contribution in [0.4, 0.5) is 4.79 Å². The van der Waals surface area contributed by atoms with Gasteiger partial charge in [-0.2, -0.15) is 0 Å². The van der Waals surface area contributed by atoms with E-state index in [0.717, 1.165) is 16.7 Å². The van der Waals surface area contributed by atoms with Crippen molar-refractivity contribution in [2.24, 2.45) is 5.92 Å². The summed E-state index contributed by atoms with van der Waals surface area (Å²) in [5, 5.41) is 15.2. The standard InChI is InChI=1S/C30H35N3O7/c34-19-25-16-22-10-4-5-12-24(22)18-33(25)27(35)17-23-11-6-7-13-26(29(37)39-15-14-31-28(23)36)32-30(38)40-20-21-8-2-1-3-9-21/h1-10,12,23,25-26,34H,11,13-20H2,(H,31,36)(H,32,38). The second-order valence-electron chi connectivity index (χ2n) is 9.89. The van der Waals surface area contributed by atoms with Gasteiger partial charge >= 0.3 is 12.1 Å². The average molecular weight is 550 g/mol. The normalized spacial score (nSPS) is 21.6. The quantitative estimate of drug-likeness (QED) is 0.372. The van der Waals surface area contributed by atoms with Crippen LogP contribution in [0.25, 0.3) is 0 Å². The molecule has 0 aliphatic carbocycles. The predicted octanol–water partition coefficient (Wildman–Crippen LogP) is 2.24. The Bertz CT molecular complexity index is 1220. The topological polar surface area (TPSA) is 134 Å². The van der Waals surface area contributed by atoms with Crippen LogP contribution in [0.1, 0.15) is 36.0 Å². The Balaban J connectivity index is 1.36. The first-order chi connectivity index (χ1) is 19.4. The van der Waals surface area contributed by atoms with Crippen molar-refractivity contribution in [2.75, 3.05) is 19.8 Å². The van der Waals surface area contributed by atoms with Crippen LogP contribution in [0, 0.1) is 5.92 Å². The number of esters is 1. The molecule has 2 aliphatic heterocycles. The lowest BCUT2D eigenvalue weighted by molar-refractivity contribution is -0.146. The van der Waals surface area contributed by atoms with Crippen LogP contribution in [0.15, 0.2) is 66.7 Å². The third-order valence-corrected chi connectivity index (χ3v) is 7.07. The molecular weight excluding hydrogens is 514 g/mol. The number of ether oxygens (including phenoxy) is 2. The highest BCUT2D eigenvalue weighted by atomic mass is 16.6. The molecule has 10 heteroatoms. The smallest absolute Gasteiger partial charge is 0.408 e. The van der Waals surface area contributed by atoms with E-state index in [4.69, 9.17) is 9.47 Å². The first-order valence-corrected chi connectivity index (χ1v) is 13.5. The molecule has 40 heavy (non-hydrogen) atoms. The average Bonchev–Trinajstić information content (AvgIpc) is 2.98. The monoisotopic (exact) mass is 549 g/mol. The Labute approximate surface area is 233 Å². The number of allylic oxidation sites excluding steroid dienone is 1. The Morgan fingerprint density at radius 3 is 2.52 bits per heavy atom. The minimum absolute atomic E-state index is 0.0257. The Morgan fingerprint density at radius 2 is 1.75 bits per heavy atom. The van der Waals surface area contributed by atoms with E-state index in [9.17, 15) is 24.3 Å². The van der Waals surface area contributed by atoms with E-state index in [-0.39, 0.29) is 63.5 Å². The lowest BCUT2D eigenvalue weighted by atomic mass is 9.92. The van der Waals surface area contributed by atoms with Crippen LogP contribution >= 0.6 is 0 Å². The SMILES string of the molecule is O=C(NC1CC=CCC(CC(=O)N2Cc3ccccc3CC2CO)C(=O)NCCOC1=O)OCc1ccccc1. The third-order valence-electron chi connectivity index (χ3n) is 7.07. The van der Waals surface area contributed by atoms with Crippen molar-refractivity contribution in [1.29, 1.82) is 0 Å². The fraction of sp³-hybridized carbons (Fsp3) is 0.400. The molecule has 0 fully saturated rings. The zero-order valence-corrected chi connectivity index (χ0v) is 22.3. The van der Waals surface area contributed by atoms with Crippen molar-refractivity contribution in [2.45, 2.75) is 50.9 Å².